The van der Waals surface area contributed by atoms with Crippen LogP contribution >= 0.6 is 0 Å². The first-order valence-corrected chi connectivity index (χ1v) is 5.43. The van der Waals surface area contributed by atoms with Gasteiger partial charge in [-0.05, 0) is 51.2 Å². The molecular formula is C12H19N. The molecule has 0 radical (unpaired) electrons. The van der Waals surface area contributed by atoms with Crippen LogP contribution in [-0.4, -0.2) is 6.04 Å². The maximum atomic E-state index is 3.52. The molecule has 0 fully saturated rings. The van der Waals surface area contributed by atoms with E-state index in [1.807, 2.05) is 0 Å². The topological polar surface area (TPSA) is 12.0 Å². The molecule has 0 saturated heterocycles. The lowest BCUT2D eigenvalue weighted by molar-refractivity contribution is 0.645. The van der Waals surface area contributed by atoms with E-state index in [-0.39, 0.29) is 0 Å². The normalized spacial score (nSPS) is 21.9. The van der Waals surface area contributed by atoms with E-state index in [1.165, 1.54) is 37.8 Å². The van der Waals surface area contributed by atoms with Gasteiger partial charge < -0.3 is 5.32 Å². The van der Waals surface area contributed by atoms with Crippen molar-refractivity contribution in [1.82, 2.24) is 5.32 Å². The van der Waals surface area contributed by atoms with E-state index in [1.54, 1.807) is 11.1 Å². The smallest absolute Gasteiger partial charge is 0.0201 e. The molecule has 0 spiro atoms. The van der Waals surface area contributed by atoms with Crippen LogP contribution in [0.3, 0.4) is 0 Å². The monoisotopic (exact) mass is 177 g/mol. The number of nitrogens with one attached hydrogen (secondary N) is 1. The van der Waals surface area contributed by atoms with Crippen molar-refractivity contribution in [3.8, 4) is 0 Å². The number of hydrogen-bond acceptors (Lipinski definition) is 1. The third-order valence-corrected chi connectivity index (χ3v) is 2.86. The van der Waals surface area contributed by atoms with Gasteiger partial charge in [0.25, 0.3) is 0 Å². The lowest BCUT2D eigenvalue weighted by Gasteiger charge is -2.13. The average Bonchev–Trinajstić information content (AvgIpc) is 2.44. The Kier molecular flexibility index (Phi) is 2.43. The molecule has 0 heterocycles. The molecule has 0 aromatic rings. The molecule has 1 N–H and O–H groups in total. The molecule has 0 aliphatic heterocycles. The van der Waals surface area contributed by atoms with E-state index in [9.17, 15) is 0 Å². The summed E-state index contributed by atoms with van der Waals surface area (Å²) in [6, 6.07) is 0.576. The summed E-state index contributed by atoms with van der Waals surface area (Å²) in [4.78, 5) is 0. The van der Waals surface area contributed by atoms with Gasteiger partial charge in [0, 0.05) is 18.2 Å². The summed E-state index contributed by atoms with van der Waals surface area (Å²) >= 11 is 0. The van der Waals surface area contributed by atoms with Gasteiger partial charge in [0.15, 0.2) is 0 Å². The van der Waals surface area contributed by atoms with E-state index in [2.05, 4.69) is 25.2 Å². The maximum Gasteiger partial charge on any atom is 0.0201 e. The summed E-state index contributed by atoms with van der Waals surface area (Å²) in [6.45, 7) is 4.41. The van der Waals surface area contributed by atoms with Crippen molar-refractivity contribution >= 4 is 0 Å². The molecule has 72 valence electrons. The second-order valence-electron chi connectivity index (χ2n) is 4.48. The number of hydrogen-bond donors (Lipinski definition) is 1. The molecule has 2 aliphatic rings. The first kappa shape index (κ1) is 8.86. The van der Waals surface area contributed by atoms with Crippen LogP contribution in [0, 0.1) is 0 Å². The zero-order chi connectivity index (χ0) is 9.26. The fourth-order valence-electron chi connectivity index (χ4n) is 2.32. The van der Waals surface area contributed by atoms with Crippen molar-refractivity contribution < 1.29 is 0 Å². The molecule has 2 rings (SSSR count). The van der Waals surface area contributed by atoms with E-state index in [0.717, 1.165) is 0 Å². The molecular weight excluding hydrogens is 158 g/mol. The van der Waals surface area contributed by atoms with Crippen LogP contribution in [0.25, 0.3) is 0 Å². The van der Waals surface area contributed by atoms with Gasteiger partial charge in [-0.15, -0.1) is 0 Å². The van der Waals surface area contributed by atoms with Gasteiger partial charge in [-0.25, -0.2) is 0 Å². The molecule has 13 heavy (non-hydrogen) atoms. The quantitative estimate of drug-likeness (QED) is 0.683. The zero-order valence-electron chi connectivity index (χ0n) is 8.69. The summed E-state index contributed by atoms with van der Waals surface area (Å²) < 4.78 is 0. The molecule has 0 unspecified atom stereocenters. The minimum Gasteiger partial charge on any atom is -0.386 e. The predicted molar refractivity (Wildman–Crippen MR) is 56.5 cm³/mol. The van der Waals surface area contributed by atoms with Gasteiger partial charge in [-0.3, -0.25) is 0 Å². The van der Waals surface area contributed by atoms with Gasteiger partial charge in [0.1, 0.15) is 0 Å². The lowest BCUT2D eigenvalue weighted by Crippen LogP contribution is -2.21. The fraction of sp³-hybridized carbons (Fsp3) is 0.667. The minimum atomic E-state index is 0.576. The van der Waals surface area contributed by atoms with Crippen LogP contribution in [0.5, 0.6) is 0 Å². The van der Waals surface area contributed by atoms with Gasteiger partial charge in [-0.1, -0.05) is 5.57 Å². The van der Waals surface area contributed by atoms with Gasteiger partial charge in [0.2, 0.25) is 0 Å². The first-order valence-electron chi connectivity index (χ1n) is 5.43. The Morgan fingerprint density at radius 3 is 2.69 bits per heavy atom. The molecule has 1 heteroatoms. The summed E-state index contributed by atoms with van der Waals surface area (Å²) in [5, 5.41) is 3.52. The molecule has 0 atom stereocenters. The molecule has 0 bridgehead atoms. The van der Waals surface area contributed by atoms with Crippen molar-refractivity contribution in [3.05, 3.63) is 22.9 Å². The summed E-state index contributed by atoms with van der Waals surface area (Å²) in [5.74, 6) is 0. The van der Waals surface area contributed by atoms with E-state index >= 15 is 0 Å². The third kappa shape index (κ3) is 1.96. The number of allylic oxidation sites excluding steroid dienone is 3. The highest BCUT2D eigenvalue weighted by Crippen LogP contribution is 2.34. The summed E-state index contributed by atoms with van der Waals surface area (Å²) in [5.41, 5.74) is 4.78. The van der Waals surface area contributed by atoms with Crippen LogP contribution in [0.2, 0.25) is 0 Å². The minimum absolute atomic E-state index is 0.576. The van der Waals surface area contributed by atoms with Gasteiger partial charge in [0.05, 0.1) is 0 Å². The highest BCUT2D eigenvalue weighted by Gasteiger charge is 2.18. The highest BCUT2D eigenvalue weighted by molar-refractivity contribution is 5.39. The maximum absolute atomic E-state index is 3.52. The van der Waals surface area contributed by atoms with Crippen LogP contribution in [0.15, 0.2) is 22.9 Å². The predicted octanol–water partition coefficient (Wildman–Crippen LogP) is 3.14. The molecule has 2 aliphatic carbocycles. The lowest BCUT2D eigenvalue weighted by atomic mass is 9.94. The molecule has 0 aromatic carbocycles. The van der Waals surface area contributed by atoms with Crippen LogP contribution < -0.4 is 5.32 Å². The van der Waals surface area contributed by atoms with E-state index in [4.69, 9.17) is 0 Å². The van der Waals surface area contributed by atoms with Gasteiger partial charge in [-0.2, -0.15) is 0 Å². The molecule has 0 amide bonds. The third-order valence-electron chi connectivity index (χ3n) is 2.86. The first-order chi connectivity index (χ1) is 6.25. The Morgan fingerprint density at radius 1 is 1.23 bits per heavy atom. The zero-order valence-corrected chi connectivity index (χ0v) is 8.69. The van der Waals surface area contributed by atoms with Crippen molar-refractivity contribution in [1.29, 1.82) is 0 Å². The Bertz CT molecular complexity index is 258. The molecule has 0 saturated carbocycles. The second-order valence-corrected chi connectivity index (χ2v) is 4.48. The van der Waals surface area contributed by atoms with Crippen LogP contribution in [0.1, 0.15) is 46.0 Å². The van der Waals surface area contributed by atoms with Crippen molar-refractivity contribution in [3.63, 3.8) is 0 Å². The van der Waals surface area contributed by atoms with Crippen molar-refractivity contribution in [2.24, 2.45) is 0 Å². The highest BCUT2D eigenvalue weighted by atomic mass is 14.9. The fourth-order valence-corrected chi connectivity index (χ4v) is 2.32. The Hall–Kier alpha value is -0.720. The standard InChI is InChI=1S/C12H19N/c1-9(2)13-12-7-10-5-3-4-6-11(10)8-12/h7,9,13H,3-6,8H2,1-2H3. The van der Waals surface area contributed by atoms with Crippen molar-refractivity contribution in [2.75, 3.05) is 0 Å². The number of rotatable bonds is 2. The molecule has 0 aromatic heterocycles. The largest absolute Gasteiger partial charge is 0.386 e. The van der Waals surface area contributed by atoms with Crippen LogP contribution in [0.4, 0.5) is 0 Å². The second kappa shape index (κ2) is 3.57. The SMILES string of the molecule is CC(C)NC1=CC2=C(CCCC2)C1. The molecule has 1 nitrogen and oxygen atoms in total. The van der Waals surface area contributed by atoms with Crippen molar-refractivity contribution in [2.45, 2.75) is 52.0 Å². The van der Waals surface area contributed by atoms with Gasteiger partial charge >= 0.3 is 0 Å². The van der Waals surface area contributed by atoms with Crippen LogP contribution in [-0.2, 0) is 0 Å². The van der Waals surface area contributed by atoms with E-state index < -0.39 is 0 Å². The van der Waals surface area contributed by atoms with E-state index in [0.29, 0.717) is 6.04 Å². The average molecular weight is 177 g/mol. The Balaban J connectivity index is 2.00. The summed E-state index contributed by atoms with van der Waals surface area (Å²) in [7, 11) is 0. The summed E-state index contributed by atoms with van der Waals surface area (Å²) in [6.07, 6.45) is 9.04. The Labute approximate surface area is 80.9 Å². The Morgan fingerprint density at radius 2 is 2.00 bits per heavy atom.